The van der Waals surface area contributed by atoms with Crippen LogP contribution in [0.15, 0.2) is 58.8 Å². The highest BCUT2D eigenvalue weighted by Gasteiger charge is 2.24. The summed E-state index contributed by atoms with van der Waals surface area (Å²) >= 11 is 1.41. The van der Waals surface area contributed by atoms with Crippen molar-refractivity contribution < 1.29 is 9.53 Å². The summed E-state index contributed by atoms with van der Waals surface area (Å²) in [6, 6.07) is 16.3. The Labute approximate surface area is 205 Å². The van der Waals surface area contributed by atoms with Crippen molar-refractivity contribution in [3.05, 3.63) is 59.7 Å². The van der Waals surface area contributed by atoms with Crippen molar-refractivity contribution in [3.63, 3.8) is 0 Å². The van der Waals surface area contributed by atoms with Gasteiger partial charge in [-0.1, -0.05) is 60.9 Å². The van der Waals surface area contributed by atoms with E-state index < -0.39 is 0 Å². The maximum absolute atomic E-state index is 12.4. The monoisotopic (exact) mass is 477 g/mol. The number of aromatic nitrogens is 3. The van der Waals surface area contributed by atoms with Crippen molar-refractivity contribution in [2.45, 2.75) is 57.1 Å². The van der Waals surface area contributed by atoms with E-state index in [1.54, 1.807) is 6.21 Å². The van der Waals surface area contributed by atoms with E-state index in [9.17, 15) is 4.79 Å². The summed E-state index contributed by atoms with van der Waals surface area (Å²) in [7, 11) is 0. The number of hydrazone groups is 1. The topological polar surface area (TPSA) is 81.4 Å². The Kier molecular flexibility index (Phi) is 8.36. The van der Waals surface area contributed by atoms with Gasteiger partial charge in [-0.15, -0.1) is 10.2 Å². The summed E-state index contributed by atoms with van der Waals surface area (Å²) in [6.07, 6.45) is 7.54. The summed E-state index contributed by atoms with van der Waals surface area (Å²) in [6.45, 7) is 4.65. The average Bonchev–Trinajstić information content (AvgIpc) is 3.29. The molecule has 0 aliphatic heterocycles. The predicted octanol–water partition coefficient (Wildman–Crippen LogP) is 5.40. The van der Waals surface area contributed by atoms with Gasteiger partial charge in [0.05, 0.1) is 18.6 Å². The molecule has 1 aliphatic rings. The smallest absolute Gasteiger partial charge is 0.250 e. The number of hydrogen-bond donors (Lipinski definition) is 1. The first-order valence-corrected chi connectivity index (χ1v) is 12.8. The van der Waals surface area contributed by atoms with Gasteiger partial charge in [0.2, 0.25) is 0 Å². The van der Waals surface area contributed by atoms with Crippen LogP contribution >= 0.6 is 11.8 Å². The maximum Gasteiger partial charge on any atom is 0.250 e. The van der Waals surface area contributed by atoms with Crippen molar-refractivity contribution >= 4 is 23.9 Å². The molecule has 0 atom stereocenters. The Morgan fingerprint density at radius 1 is 1.12 bits per heavy atom. The van der Waals surface area contributed by atoms with Gasteiger partial charge in [0.1, 0.15) is 5.75 Å². The largest absolute Gasteiger partial charge is 0.494 e. The van der Waals surface area contributed by atoms with Crippen molar-refractivity contribution in [1.82, 2.24) is 20.2 Å². The molecule has 3 aromatic rings. The number of rotatable bonds is 9. The van der Waals surface area contributed by atoms with Crippen LogP contribution in [0.2, 0.25) is 0 Å². The van der Waals surface area contributed by atoms with Crippen LogP contribution < -0.4 is 10.2 Å². The minimum atomic E-state index is -0.178. The van der Waals surface area contributed by atoms with E-state index in [4.69, 9.17) is 4.74 Å². The van der Waals surface area contributed by atoms with Gasteiger partial charge >= 0.3 is 0 Å². The summed E-state index contributed by atoms with van der Waals surface area (Å²) in [5.74, 6) is 1.73. The van der Waals surface area contributed by atoms with Crippen LogP contribution in [0, 0.1) is 6.92 Å². The number of benzene rings is 2. The minimum Gasteiger partial charge on any atom is -0.494 e. The van der Waals surface area contributed by atoms with E-state index in [-0.39, 0.29) is 11.7 Å². The van der Waals surface area contributed by atoms with Gasteiger partial charge in [0.15, 0.2) is 11.0 Å². The molecule has 34 heavy (non-hydrogen) atoms. The number of nitrogens with zero attached hydrogens (tertiary/aromatic N) is 4. The highest BCUT2D eigenvalue weighted by molar-refractivity contribution is 7.99. The van der Waals surface area contributed by atoms with E-state index in [0.717, 1.165) is 40.7 Å². The molecule has 178 valence electrons. The zero-order valence-electron chi connectivity index (χ0n) is 19.7. The fraction of sp³-hybridized carbons (Fsp3) is 0.385. The number of nitrogens with one attached hydrogen (secondary N) is 1. The van der Waals surface area contributed by atoms with E-state index in [1.807, 2.05) is 31.2 Å². The van der Waals surface area contributed by atoms with Crippen LogP contribution in [0.25, 0.3) is 11.4 Å². The first-order valence-electron chi connectivity index (χ1n) is 11.8. The third-order valence-electron chi connectivity index (χ3n) is 5.84. The molecule has 1 amide bonds. The number of carbonyl (C=O) groups is 1. The second-order valence-electron chi connectivity index (χ2n) is 8.42. The minimum absolute atomic E-state index is 0.178. The number of carbonyl (C=O) groups excluding carboxylic acids is 1. The van der Waals surface area contributed by atoms with Gasteiger partial charge in [0.25, 0.3) is 5.91 Å². The molecule has 2 aromatic carbocycles. The molecular weight excluding hydrogens is 446 g/mol. The molecule has 1 aromatic heterocycles. The summed E-state index contributed by atoms with van der Waals surface area (Å²) < 4.78 is 7.68. The van der Waals surface area contributed by atoms with Gasteiger partial charge in [-0.2, -0.15) is 5.10 Å². The van der Waals surface area contributed by atoms with Crippen LogP contribution in [0.1, 0.15) is 56.2 Å². The zero-order chi connectivity index (χ0) is 23.8. The zero-order valence-corrected chi connectivity index (χ0v) is 20.6. The maximum atomic E-state index is 12.4. The molecule has 1 heterocycles. The molecule has 0 radical (unpaired) electrons. The lowest BCUT2D eigenvalue weighted by atomic mass is 9.95. The Morgan fingerprint density at radius 3 is 2.56 bits per heavy atom. The first kappa shape index (κ1) is 24.0. The number of amides is 1. The molecule has 7 nitrogen and oxygen atoms in total. The molecule has 1 N–H and O–H groups in total. The van der Waals surface area contributed by atoms with Crippen LogP contribution in [0.4, 0.5) is 0 Å². The molecule has 1 fully saturated rings. The number of thioether (sulfide) groups is 1. The number of aryl methyl sites for hydroxylation is 1. The first-order chi connectivity index (χ1) is 16.6. The Bertz CT molecular complexity index is 1100. The van der Waals surface area contributed by atoms with Crippen LogP contribution in [0.5, 0.6) is 5.75 Å². The molecule has 0 bridgehead atoms. The van der Waals surface area contributed by atoms with Crippen LogP contribution in [-0.4, -0.2) is 39.2 Å². The Balaban J connectivity index is 1.40. The highest BCUT2D eigenvalue weighted by Crippen LogP contribution is 2.35. The standard InChI is InChI=1S/C26H31N5O2S/c1-3-33-23-15-11-20(12-16-23)17-27-28-24(32)18-34-26-30-29-25(21-13-9-19(2)10-14-21)31(26)22-7-5-4-6-8-22/h9-17,22H,3-8,18H2,1-2H3,(H,28,32). The van der Waals surface area contributed by atoms with Gasteiger partial charge < -0.3 is 4.74 Å². The Hall–Kier alpha value is -3.13. The average molecular weight is 478 g/mol. The second kappa shape index (κ2) is 11.8. The molecular formula is C26H31N5O2S. The van der Waals surface area contributed by atoms with Gasteiger partial charge in [0, 0.05) is 11.6 Å². The normalized spacial score (nSPS) is 14.4. The van der Waals surface area contributed by atoms with Gasteiger partial charge in [-0.25, -0.2) is 5.43 Å². The quantitative estimate of drug-likeness (QED) is 0.254. The molecule has 0 saturated heterocycles. The third-order valence-corrected chi connectivity index (χ3v) is 6.78. The lowest BCUT2D eigenvalue weighted by Gasteiger charge is -2.25. The Morgan fingerprint density at radius 2 is 1.85 bits per heavy atom. The summed E-state index contributed by atoms with van der Waals surface area (Å²) in [4.78, 5) is 12.4. The molecule has 8 heteroatoms. The van der Waals surface area contributed by atoms with E-state index in [1.165, 1.54) is 36.6 Å². The van der Waals surface area contributed by atoms with Gasteiger partial charge in [-0.3, -0.25) is 9.36 Å². The SMILES string of the molecule is CCOc1ccc(C=NNC(=O)CSc2nnc(-c3ccc(C)cc3)n2C2CCCCC2)cc1. The molecule has 1 saturated carbocycles. The van der Waals surface area contributed by atoms with Crippen molar-refractivity contribution in [2.75, 3.05) is 12.4 Å². The summed E-state index contributed by atoms with van der Waals surface area (Å²) in [5.41, 5.74) is 5.76. The fourth-order valence-electron chi connectivity index (χ4n) is 4.10. The van der Waals surface area contributed by atoms with Crippen LogP contribution in [0.3, 0.4) is 0 Å². The predicted molar refractivity (Wildman–Crippen MR) is 136 cm³/mol. The molecule has 0 unspecified atom stereocenters. The van der Waals surface area contributed by atoms with E-state index in [2.05, 4.69) is 56.5 Å². The lowest BCUT2D eigenvalue weighted by molar-refractivity contribution is -0.118. The summed E-state index contributed by atoms with van der Waals surface area (Å²) in [5, 5.41) is 13.8. The van der Waals surface area contributed by atoms with E-state index >= 15 is 0 Å². The third kappa shape index (κ3) is 6.26. The fourth-order valence-corrected chi connectivity index (χ4v) is 4.90. The van der Waals surface area contributed by atoms with Crippen molar-refractivity contribution in [3.8, 4) is 17.1 Å². The number of hydrogen-bond acceptors (Lipinski definition) is 6. The van der Waals surface area contributed by atoms with Crippen LogP contribution in [-0.2, 0) is 4.79 Å². The second-order valence-corrected chi connectivity index (χ2v) is 9.36. The molecule has 1 aliphatic carbocycles. The van der Waals surface area contributed by atoms with E-state index in [0.29, 0.717) is 12.6 Å². The lowest BCUT2D eigenvalue weighted by Crippen LogP contribution is -2.20. The van der Waals surface area contributed by atoms with Crippen molar-refractivity contribution in [2.24, 2.45) is 5.10 Å². The van der Waals surface area contributed by atoms with Crippen molar-refractivity contribution in [1.29, 1.82) is 0 Å². The molecule has 4 rings (SSSR count). The highest BCUT2D eigenvalue weighted by atomic mass is 32.2. The number of ether oxygens (including phenoxy) is 1. The molecule has 0 spiro atoms. The van der Waals surface area contributed by atoms with Gasteiger partial charge in [-0.05, 0) is 56.5 Å².